The molecule has 2 aromatic heterocycles. The van der Waals surface area contributed by atoms with E-state index in [-0.39, 0.29) is 5.56 Å². The fraction of sp³-hybridized carbons (Fsp3) is 0.250. The summed E-state index contributed by atoms with van der Waals surface area (Å²) >= 11 is 1.51. The summed E-state index contributed by atoms with van der Waals surface area (Å²) in [6, 6.07) is 1.74. The van der Waals surface area contributed by atoms with Gasteiger partial charge in [-0.05, 0) is 19.9 Å². The van der Waals surface area contributed by atoms with Crippen molar-refractivity contribution >= 4 is 23.0 Å². The minimum absolute atomic E-state index is 0.218. The number of hydrogen-bond donors (Lipinski definition) is 2. The molecule has 0 aliphatic heterocycles. The van der Waals surface area contributed by atoms with Crippen molar-refractivity contribution in [1.29, 1.82) is 0 Å². The second kappa shape index (κ2) is 5.14. The van der Waals surface area contributed by atoms with Crippen LogP contribution in [-0.4, -0.2) is 21.0 Å². The van der Waals surface area contributed by atoms with Crippen molar-refractivity contribution in [3.63, 3.8) is 0 Å². The standard InChI is InChI=1S/C12H13N3O2S/c1-7-3-10(11(12(16)17)8(2)15-7)13-4-9-5-18-6-14-9/h3,5-6H,4H2,1-2H3,(H,13,15)(H,16,17). The highest BCUT2D eigenvalue weighted by atomic mass is 32.1. The Morgan fingerprint density at radius 3 is 2.89 bits per heavy atom. The van der Waals surface area contributed by atoms with E-state index in [1.54, 1.807) is 18.5 Å². The minimum atomic E-state index is -0.972. The van der Waals surface area contributed by atoms with Crippen LogP contribution in [-0.2, 0) is 6.54 Å². The Morgan fingerprint density at radius 2 is 2.28 bits per heavy atom. The number of carboxylic acids is 1. The van der Waals surface area contributed by atoms with Crippen molar-refractivity contribution < 1.29 is 9.90 Å². The fourth-order valence-corrected chi connectivity index (χ4v) is 2.31. The van der Waals surface area contributed by atoms with Crippen molar-refractivity contribution in [2.45, 2.75) is 20.4 Å². The predicted octanol–water partition coefficient (Wildman–Crippen LogP) is 2.47. The Bertz CT molecular complexity index is 567. The van der Waals surface area contributed by atoms with Crippen molar-refractivity contribution in [2.24, 2.45) is 0 Å². The first-order chi connectivity index (χ1) is 8.58. The van der Waals surface area contributed by atoms with E-state index in [1.807, 2.05) is 12.3 Å². The highest BCUT2D eigenvalue weighted by Crippen LogP contribution is 2.20. The summed E-state index contributed by atoms with van der Waals surface area (Å²) in [6.07, 6.45) is 0. The number of carboxylic acid groups (broad SMARTS) is 1. The van der Waals surface area contributed by atoms with Crippen molar-refractivity contribution in [3.8, 4) is 0 Å². The number of carbonyl (C=O) groups is 1. The molecule has 5 nitrogen and oxygen atoms in total. The van der Waals surface area contributed by atoms with Gasteiger partial charge in [0.15, 0.2) is 0 Å². The third-order valence-corrected chi connectivity index (χ3v) is 3.12. The molecule has 2 rings (SSSR count). The molecule has 0 aliphatic carbocycles. The Labute approximate surface area is 109 Å². The number of aryl methyl sites for hydroxylation is 2. The summed E-state index contributed by atoms with van der Waals surface area (Å²) in [5.41, 5.74) is 4.75. The van der Waals surface area contributed by atoms with Gasteiger partial charge in [-0.3, -0.25) is 4.98 Å². The highest BCUT2D eigenvalue weighted by Gasteiger charge is 2.15. The molecule has 0 aliphatic rings. The first-order valence-corrected chi connectivity index (χ1v) is 6.34. The summed E-state index contributed by atoms with van der Waals surface area (Å²) in [6.45, 7) is 4.05. The molecule has 0 aromatic carbocycles. The number of anilines is 1. The van der Waals surface area contributed by atoms with Crippen LogP contribution in [0.2, 0.25) is 0 Å². The van der Waals surface area contributed by atoms with E-state index < -0.39 is 5.97 Å². The number of thiazole rings is 1. The highest BCUT2D eigenvalue weighted by molar-refractivity contribution is 7.07. The number of nitrogens with one attached hydrogen (secondary N) is 1. The maximum absolute atomic E-state index is 11.2. The molecule has 0 fully saturated rings. The number of rotatable bonds is 4. The van der Waals surface area contributed by atoms with Crippen molar-refractivity contribution in [2.75, 3.05) is 5.32 Å². The van der Waals surface area contributed by atoms with Gasteiger partial charge in [-0.1, -0.05) is 0 Å². The van der Waals surface area contributed by atoms with Crippen LogP contribution < -0.4 is 5.32 Å². The Morgan fingerprint density at radius 1 is 1.50 bits per heavy atom. The molecular weight excluding hydrogens is 250 g/mol. The monoisotopic (exact) mass is 263 g/mol. The van der Waals surface area contributed by atoms with Crippen LogP contribution in [0.25, 0.3) is 0 Å². The lowest BCUT2D eigenvalue weighted by Crippen LogP contribution is -2.10. The molecule has 0 amide bonds. The minimum Gasteiger partial charge on any atom is -0.478 e. The SMILES string of the molecule is Cc1cc(NCc2cscn2)c(C(=O)O)c(C)n1. The van der Waals surface area contributed by atoms with Gasteiger partial charge in [0.05, 0.1) is 29.1 Å². The first kappa shape index (κ1) is 12.5. The maximum atomic E-state index is 11.2. The molecule has 6 heteroatoms. The zero-order valence-electron chi connectivity index (χ0n) is 10.1. The number of nitrogens with zero attached hydrogens (tertiary/aromatic N) is 2. The average Bonchev–Trinajstić information content (AvgIpc) is 2.77. The molecule has 18 heavy (non-hydrogen) atoms. The van der Waals surface area contributed by atoms with E-state index in [4.69, 9.17) is 0 Å². The van der Waals surface area contributed by atoms with Gasteiger partial charge >= 0.3 is 5.97 Å². The van der Waals surface area contributed by atoms with Crippen LogP contribution in [0.15, 0.2) is 17.0 Å². The molecule has 0 spiro atoms. The second-order valence-corrected chi connectivity index (χ2v) is 4.63. The average molecular weight is 263 g/mol. The van der Waals surface area contributed by atoms with Crippen molar-refractivity contribution in [3.05, 3.63) is 39.6 Å². The number of pyridine rings is 1. The van der Waals surface area contributed by atoms with E-state index in [0.29, 0.717) is 17.9 Å². The second-order valence-electron chi connectivity index (χ2n) is 3.91. The van der Waals surface area contributed by atoms with Gasteiger partial charge in [0.2, 0.25) is 0 Å². The summed E-state index contributed by atoms with van der Waals surface area (Å²) < 4.78 is 0. The Kier molecular flexibility index (Phi) is 3.57. The molecular formula is C12H13N3O2S. The number of aromatic carboxylic acids is 1. The zero-order valence-corrected chi connectivity index (χ0v) is 10.9. The number of aromatic nitrogens is 2. The van der Waals surface area contributed by atoms with Gasteiger partial charge in [-0.2, -0.15) is 0 Å². The molecule has 2 N–H and O–H groups in total. The van der Waals surface area contributed by atoms with Gasteiger partial charge in [-0.15, -0.1) is 11.3 Å². The third-order valence-electron chi connectivity index (χ3n) is 2.49. The lowest BCUT2D eigenvalue weighted by atomic mass is 10.1. The van der Waals surface area contributed by atoms with Crippen LogP contribution in [0.1, 0.15) is 27.4 Å². The van der Waals surface area contributed by atoms with Crippen LogP contribution in [0.3, 0.4) is 0 Å². The fourth-order valence-electron chi connectivity index (χ4n) is 1.75. The molecule has 0 saturated carbocycles. The summed E-state index contributed by atoms with van der Waals surface area (Å²) in [7, 11) is 0. The van der Waals surface area contributed by atoms with Crippen LogP contribution in [0.4, 0.5) is 5.69 Å². The summed E-state index contributed by atoms with van der Waals surface area (Å²) in [4.78, 5) is 19.5. The van der Waals surface area contributed by atoms with Crippen LogP contribution in [0.5, 0.6) is 0 Å². The maximum Gasteiger partial charge on any atom is 0.339 e. The van der Waals surface area contributed by atoms with Crippen LogP contribution >= 0.6 is 11.3 Å². The zero-order chi connectivity index (χ0) is 13.1. The van der Waals surface area contributed by atoms with Gasteiger partial charge < -0.3 is 10.4 Å². The molecule has 2 aromatic rings. The Balaban J connectivity index is 2.28. The normalized spacial score (nSPS) is 10.3. The Hall–Kier alpha value is -1.95. The summed E-state index contributed by atoms with van der Waals surface area (Å²) in [5, 5.41) is 14.2. The van der Waals surface area contributed by atoms with E-state index in [9.17, 15) is 9.90 Å². The van der Waals surface area contributed by atoms with Gasteiger partial charge in [0.25, 0.3) is 0 Å². The van der Waals surface area contributed by atoms with Gasteiger partial charge in [-0.25, -0.2) is 9.78 Å². The van der Waals surface area contributed by atoms with Crippen molar-refractivity contribution in [1.82, 2.24) is 9.97 Å². The van der Waals surface area contributed by atoms with Crippen LogP contribution in [0, 0.1) is 13.8 Å². The predicted molar refractivity (Wildman–Crippen MR) is 70.1 cm³/mol. The molecule has 0 atom stereocenters. The smallest absolute Gasteiger partial charge is 0.339 e. The largest absolute Gasteiger partial charge is 0.478 e. The molecule has 2 heterocycles. The lowest BCUT2D eigenvalue weighted by Gasteiger charge is -2.11. The van der Waals surface area contributed by atoms with E-state index in [0.717, 1.165) is 11.4 Å². The van der Waals surface area contributed by atoms with E-state index >= 15 is 0 Å². The van der Waals surface area contributed by atoms with Gasteiger partial charge in [0.1, 0.15) is 5.56 Å². The topological polar surface area (TPSA) is 75.1 Å². The molecule has 0 radical (unpaired) electrons. The molecule has 0 bridgehead atoms. The lowest BCUT2D eigenvalue weighted by molar-refractivity contribution is 0.0696. The summed E-state index contributed by atoms with van der Waals surface area (Å²) in [5.74, 6) is -0.972. The first-order valence-electron chi connectivity index (χ1n) is 5.40. The van der Waals surface area contributed by atoms with Gasteiger partial charge in [0, 0.05) is 11.1 Å². The van der Waals surface area contributed by atoms with E-state index in [2.05, 4.69) is 15.3 Å². The quantitative estimate of drug-likeness (QED) is 0.886. The number of hydrogen-bond acceptors (Lipinski definition) is 5. The molecule has 94 valence electrons. The van der Waals surface area contributed by atoms with E-state index in [1.165, 1.54) is 11.3 Å². The third kappa shape index (κ3) is 2.65. The molecule has 0 unspecified atom stereocenters. The molecule has 0 saturated heterocycles.